The van der Waals surface area contributed by atoms with Gasteiger partial charge < -0.3 is 9.84 Å². The van der Waals surface area contributed by atoms with Gasteiger partial charge in [-0.3, -0.25) is 4.90 Å². The molecule has 1 aliphatic rings. The largest absolute Gasteiger partial charge is 0.478 e. The lowest BCUT2D eigenvalue weighted by molar-refractivity contribution is -0.0347. The van der Waals surface area contributed by atoms with E-state index in [0.717, 1.165) is 37.2 Å². The van der Waals surface area contributed by atoms with E-state index in [4.69, 9.17) is 4.74 Å². The summed E-state index contributed by atoms with van der Waals surface area (Å²) >= 11 is 0. The molecule has 1 N–H and O–H groups in total. The minimum absolute atomic E-state index is 0.144. The van der Waals surface area contributed by atoms with Crippen LogP contribution in [0.2, 0.25) is 0 Å². The number of ether oxygens (including phenoxy) is 1. The summed E-state index contributed by atoms with van der Waals surface area (Å²) in [5.41, 5.74) is 2.24. The molecule has 2 aromatic rings. The highest BCUT2D eigenvalue weighted by Crippen LogP contribution is 2.16. The molecule has 126 valence electrons. The standard InChI is InChI=1S/C18H21N3O3/c22-18(23)17-4-2-1-3-14(17)11-21-9-10-24-16(12-21)6-5-15-7-8-19-13-20-15/h1-4,7-8,13,16H,5-6,9-12H2,(H,22,23)/t16-/m0/s1. The van der Waals surface area contributed by atoms with Gasteiger partial charge in [-0.25, -0.2) is 14.8 Å². The van der Waals surface area contributed by atoms with E-state index in [1.807, 2.05) is 18.2 Å². The minimum Gasteiger partial charge on any atom is -0.478 e. The molecule has 0 amide bonds. The fourth-order valence-electron chi connectivity index (χ4n) is 2.98. The van der Waals surface area contributed by atoms with Crippen LogP contribution in [0.5, 0.6) is 0 Å². The highest BCUT2D eigenvalue weighted by Gasteiger charge is 2.22. The van der Waals surface area contributed by atoms with Gasteiger partial charge in [-0.05, 0) is 30.5 Å². The van der Waals surface area contributed by atoms with Crippen LogP contribution in [0.3, 0.4) is 0 Å². The molecule has 0 unspecified atom stereocenters. The highest BCUT2D eigenvalue weighted by molar-refractivity contribution is 5.89. The number of aromatic carboxylic acids is 1. The van der Waals surface area contributed by atoms with Gasteiger partial charge in [0.2, 0.25) is 0 Å². The van der Waals surface area contributed by atoms with Crippen LogP contribution in [0, 0.1) is 0 Å². The second-order valence-corrected chi connectivity index (χ2v) is 5.93. The van der Waals surface area contributed by atoms with Crippen LogP contribution >= 0.6 is 0 Å². The molecule has 2 heterocycles. The summed E-state index contributed by atoms with van der Waals surface area (Å²) in [6.45, 7) is 2.93. The molecule has 3 rings (SSSR count). The molecule has 1 aliphatic heterocycles. The average Bonchev–Trinajstić information content (AvgIpc) is 2.61. The number of carbonyl (C=O) groups is 1. The fourth-order valence-corrected chi connectivity index (χ4v) is 2.98. The zero-order chi connectivity index (χ0) is 16.8. The number of carboxylic acid groups (broad SMARTS) is 1. The van der Waals surface area contributed by atoms with E-state index in [9.17, 15) is 9.90 Å². The third-order valence-electron chi connectivity index (χ3n) is 4.23. The lowest BCUT2D eigenvalue weighted by atomic mass is 10.1. The number of nitrogens with zero attached hydrogens (tertiary/aromatic N) is 3. The number of morpholine rings is 1. The van der Waals surface area contributed by atoms with Gasteiger partial charge >= 0.3 is 5.97 Å². The Morgan fingerprint density at radius 3 is 3.00 bits per heavy atom. The van der Waals surface area contributed by atoms with Crippen molar-refractivity contribution in [2.45, 2.75) is 25.5 Å². The number of hydrogen-bond acceptors (Lipinski definition) is 5. The Morgan fingerprint density at radius 1 is 1.33 bits per heavy atom. The van der Waals surface area contributed by atoms with E-state index in [1.165, 1.54) is 0 Å². The molecular formula is C18H21N3O3. The molecule has 24 heavy (non-hydrogen) atoms. The molecule has 0 saturated carbocycles. The summed E-state index contributed by atoms with van der Waals surface area (Å²) in [6.07, 6.45) is 5.21. The second kappa shape index (κ2) is 7.99. The van der Waals surface area contributed by atoms with Gasteiger partial charge in [0, 0.05) is 31.5 Å². The third kappa shape index (κ3) is 4.37. The van der Waals surface area contributed by atoms with Crippen molar-refractivity contribution >= 4 is 5.97 Å². The van der Waals surface area contributed by atoms with Crippen LogP contribution < -0.4 is 0 Å². The first-order chi connectivity index (χ1) is 11.7. The van der Waals surface area contributed by atoms with Crippen LogP contribution in [0.1, 0.15) is 28.0 Å². The normalized spacial score (nSPS) is 18.4. The Kier molecular flexibility index (Phi) is 5.51. The Labute approximate surface area is 141 Å². The number of aromatic nitrogens is 2. The van der Waals surface area contributed by atoms with Crippen LogP contribution in [-0.4, -0.2) is 51.7 Å². The number of benzene rings is 1. The van der Waals surface area contributed by atoms with Crippen molar-refractivity contribution in [1.29, 1.82) is 0 Å². The molecule has 1 fully saturated rings. The van der Waals surface area contributed by atoms with Crippen LogP contribution in [0.4, 0.5) is 0 Å². The molecule has 0 aliphatic carbocycles. The van der Waals surface area contributed by atoms with Crippen molar-refractivity contribution in [2.75, 3.05) is 19.7 Å². The van der Waals surface area contributed by atoms with Gasteiger partial charge in [-0.15, -0.1) is 0 Å². The zero-order valence-electron chi connectivity index (χ0n) is 13.5. The zero-order valence-corrected chi connectivity index (χ0v) is 13.5. The molecule has 1 atom stereocenters. The number of hydrogen-bond donors (Lipinski definition) is 1. The minimum atomic E-state index is -0.876. The Bertz CT molecular complexity index is 678. The van der Waals surface area contributed by atoms with Gasteiger partial charge in [-0.1, -0.05) is 18.2 Å². The molecule has 0 spiro atoms. The summed E-state index contributed by atoms with van der Waals surface area (Å²) in [5, 5.41) is 9.30. The third-order valence-corrected chi connectivity index (χ3v) is 4.23. The van der Waals surface area contributed by atoms with Crippen molar-refractivity contribution in [1.82, 2.24) is 14.9 Å². The molecule has 0 radical (unpaired) electrons. The van der Waals surface area contributed by atoms with E-state index in [2.05, 4.69) is 14.9 Å². The first-order valence-corrected chi connectivity index (χ1v) is 8.12. The number of aryl methyl sites for hydroxylation is 1. The molecular weight excluding hydrogens is 306 g/mol. The maximum absolute atomic E-state index is 11.3. The van der Waals surface area contributed by atoms with Gasteiger partial charge in [0.15, 0.2) is 0 Å². The van der Waals surface area contributed by atoms with Crippen molar-refractivity contribution in [2.24, 2.45) is 0 Å². The van der Waals surface area contributed by atoms with Crippen LogP contribution in [-0.2, 0) is 17.7 Å². The summed E-state index contributed by atoms with van der Waals surface area (Å²) in [4.78, 5) is 21.8. The lowest BCUT2D eigenvalue weighted by Crippen LogP contribution is -2.42. The molecule has 1 aromatic carbocycles. The van der Waals surface area contributed by atoms with Crippen molar-refractivity contribution < 1.29 is 14.6 Å². The van der Waals surface area contributed by atoms with Crippen LogP contribution in [0.15, 0.2) is 42.9 Å². The van der Waals surface area contributed by atoms with Gasteiger partial charge in [0.1, 0.15) is 6.33 Å². The maximum Gasteiger partial charge on any atom is 0.336 e. The predicted octanol–water partition coefficient (Wildman–Crippen LogP) is 2.01. The average molecular weight is 327 g/mol. The Hall–Kier alpha value is -2.31. The van der Waals surface area contributed by atoms with Crippen LogP contribution in [0.25, 0.3) is 0 Å². The SMILES string of the molecule is O=C(O)c1ccccc1CN1CCO[C@@H](CCc2ccncn2)C1. The van der Waals surface area contributed by atoms with E-state index in [-0.39, 0.29) is 6.10 Å². The Morgan fingerprint density at radius 2 is 2.21 bits per heavy atom. The van der Waals surface area contributed by atoms with Crippen molar-refractivity contribution in [3.05, 3.63) is 59.7 Å². The first kappa shape index (κ1) is 16.5. The summed E-state index contributed by atoms with van der Waals surface area (Å²) < 4.78 is 5.84. The molecule has 6 heteroatoms. The van der Waals surface area contributed by atoms with E-state index >= 15 is 0 Å². The fraction of sp³-hybridized carbons (Fsp3) is 0.389. The van der Waals surface area contributed by atoms with Gasteiger partial charge in [0.05, 0.1) is 18.3 Å². The van der Waals surface area contributed by atoms with E-state index in [1.54, 1.807) is 24.7 Å². The second-order valence-electron chi connectivity index (χ2n) is 5.93. The smallest absolute Gasteiger partial charge is 0.336 e. The molecule has 0 bridgehead atoms. The predicted molar refractivity (Wildman–Crippen MR) is 88.8 cm³/mol. The topological polar surface area (TPSA) is 75.5 Å². The lowest BCUT2D eigenvalue weighted by Gasteiger charge is -2.33. The maximum atomic E-state index is 11.3. The number of carboxylic acids is 1. The Balaban J connectivity index is 1.57. The monoisotopic (exact) mass is 327 g/mol. The van der Waals surface area contributed by atoms with Gasteiger partial charge in [0.25, 0.3) is 0 Å². The summed E-state index contributed by atoms with van der Waals surface area (Å²) in [5.74, 6) is -0.876. The number of rotatable bonds is 6. The molecule has 1 aromatic heterocycles. The quantitative estimate of drug-likeness (QED) is 0.875. The van der Waals surface area contributed by atoms with E-state index in [0.29, 0.717) is 18.7 Å². The summed E-state index contributed by atoms with van der Waals surface area (Å²) in [6, 6.07) is 9.11. The van der Waals surface area contributed by atoms with Gasteiger partial charge in [-0.2, -0.15) is 0 Å². The van der Waals surface area contributed by atoms with E-state index < -0.39 is 5.97 Å². The summed E-state index contributed by atoms with van der Waals surface area (Å²) in [7, 11) is 0. The molecule has 1 saturated heterocycles. The van der Waals surface area contributed by atoms with Crippen molar-refractivity contribution in [3.63, 3.8) is 0 Å². The molecule has 6 nitrogen and oxygen atoms in total. The van der Waals surface area contributed by atoms with Crippen molar-refractivity contribution in [3.8, 4) is 0 Å². The highest BCUT2D eigenvalue weighted by atomic mass is 16.5. The first-order valence-electron chi connectivity index (χ1n) is 8.12.